The molecule has 1 fully saturated rings. The van der Waals surface area contributed by atoms with Gasteiger partial charge in [-0.2, -0.15) is 0 Å². The average molecular weight is 239 g/mol. The molecular weight excluding hydrogens is 228 g/mol. The van der Waals surface area contributed by atoms with Gasteiger partial charge in [0.15, 0.2) is 0 Å². The maximum Gasteiger partial charge on any atom is 0.249 e. The first-order valence-corrected chi connectivity index (χ1v) is 5.58. The summed E-state index contributed by atoms with van der Waals surface area (Å²) in [6.07, 6.45) is 0. The fraction of sp³-hybridized carbons (Fsp3) is 0.364. The molecule has 5 heteroatoms. The van der Waals surface area contributed by atoms with E-state index in [1.807, 2.05) is 12.1 Å². The first-order chi connectivity index (χ1) is 7.75. The van der Waals surface area contributed by atoms with E-state index in [0.717, 1.165) is 17.9 Å². The number of halogens is 1. The van der Waals surface area contributed by atoms with Crippen molar-refractivity contribution < 1.29 is 9.53 Å². The van der Waals surface area contributed by atoms with E-state index >= 15 is 0 Å². The third-order valence-corrected chi connectivity index (χ3v) is 3.19. The van der Waals surface area contributed by atoms with Crippen molar-refractivity contribution in [2.45, 2.75) is 6.04 Å². The second-order valence-corrected chi connectivity index (χ2v) is 4.37. The molecule has 0 radical (unpaired) electrons. The molecule has 1 unspecified atom stereocenters. The summed E-state index contributed by atoms with van der Waals surface area (Å²) in [5.74, 6) is -0.00507. The summed E-state index contributed by atoms with van der Waals surface area (Å²) in [7, 11) is 0. The Balaban J connectivity index is 2.07. The number of amides is 1. The largest absolute Gasteiger partial charge is 0.377 e. The number of ether oxygens (including phenoxy) is 1. The third kappa shape index (κ3) is 1.45. The molecule has 0 saturated carbocycles. The Kier molecular flexibility index (Phi) is 2.26. The molecular formula is C11H11ClN2O2. The lowest BCUT2D eigenvalue weighted by Crippen LogP contribution is -2.54. The number of hydrogen-bond donors (Lipinski definition) is 1. The molecule has 1 amide bonds. The number of carbonyl (C=O) groups excluding carboxylic acids is 1. The van der Waals surface area contributed by atoms with E-state index < -0.39 is 0 Å². The second kappa shape index (κ2) is 3.64. The Morgan fingerprint density at radius 1 is 1.50 bits per heavy atom. The van der Waals surface area contributed by atoms with Crippen LogP contribution in [0.5, 0.6) is 0 Å². The van der Waals surface area contributed by atoms with E-state index in [4.69, 9.17) is 16.3 Å². The Morgan fingerprint density at radius 3 is 3.25 bits per heavy atom. The van der Waals surface area contributed by atoms with Gasteiger partial charge in [-0.15, -0.1) is 0 Å². The number of morpholine rings is 1. The summed E-state index contributed by atoms with van der Waals surface area (Å²) < 4.78 is 5.32. The minimum atomic E-state index is -0.222. The van der Waals surface area contributed by atoms with Crippen LogP contribution < -0.4 is 10.2 Å². The number of anilines is 2. The summed E-state index contributed by atoms with van der Waals surface area (Å²) in [4.78, 5) is 13.9. The molecule has 2 heterocycles. The molecule has 4 nitrogen and oxygen atoms in total. The predicted molar refractivity (Wildman–Crippen MR) is 62.0 cm³/mol. The fourth-order valence-corrected chi connectivity index (χ4v) is 2.34. The van der Waals surface area contributed by atoms with Crippen LogP contribution in [0.3, 0.4) is 0 Å². The van der Waals surface area contributed by atoms with E-state index in [2.05, 4.69) is 10.2 Å². The van der Waals surface area contributed by atoms with Gasteiger partial charge in [-0.1, -0.05) is 11.6 Å². The summed E-state index contributed by atoms with van der Waals surface area (Å²) in [6, 6.07) is 5.27. The quantitative estimate of drug-likeness (QED) is 0.745. The third-order valence-electron chi connectivity index (χ3n) is 2.96. The van der Waals surface area contributed by atoms with Gasteiger partial charge in [-0.3, -0.25) is 4.79 Å². The molecule has 3 rings (SSSR count). The van der Waals surface area contributed by atoms with Crippen molar-refractivity contribution in [3.63, 3.8) is 0 Å². The Labute approximate surface area is 98.1 Å². The topological polar surface area (TPSA) is 41.6 Å². The van der Waals surface area contributed by atoms with E-state index in [1.165, 1.54) is 0 Å². The molecule has 0 aromatic heterocycles. The number of nitrogens with one attached hydrogen (secondary N) is 1. The maximum atomic E-state index is 11.8. The highest BCUT2D eigenvalue weighted by atomic mass is 35.5. The summed E-state index contributed by atoms with van der Waals surface area (Å²) in [5.41, 5.74) is 1.81. The SMILES string of the molecule is O=C1Nc2ccc(Cl)cc2N2CCOCC12. The normalized spacial score (nSPS) is 23.4. The second-order valence-electron chi connectivity index (χ2n) is 3.93. The van der Waals surface area contributed by atoms with Gasteiger partial charge >= 0.3 is 0 Å². The number of nitrogens with zero attached hydrogens (tertiary/aromatic N) is 1. The lowest BCUT2D eigenvalue weighted by Gasteiger charge is -2.40. The van der Waals surface area contributed by atoms with Crippen LogP contribution in [0.4, 0.5) is 11.4 Å². The summed E-state index contributed by atoms with van der Waals surface area (Å²) in [5, 5.41) is 3.55. The average Bonchev–Trinajstić information content (AvgIpc) is 2.31. The van der Waals surface area contributed by atoms with Crippen LogP contribution >= 0.6 is 11.6 Å². The van der Waals surface area contributed by atoms with Crippen LogP contribution in [0.25, 0.3) is 0 Å². The predicted octanol–water partition coefficient (Wildman–Crippen LogP) is 1.50. The van der Waals surface area contributed by atoms with E-state index in [1.54, 1.807) is 6.07 Å². The highest BCUT2D eigenvalue weighted by Crippen LogP contribution is 2.35. The molecule has 2 aliphatic rings. The lowest BCUT2D eigenvalue weighted by atomic mass is 10.1. The number of hydrogen-bond acceptors (Lipinski definition) is 3. The van der Waals surface area contributed by atoms with Gasteiger partial charge in [0.25, 0.3) is 0 Å². The zero-order chi connectivity index (χ0) is 11.1. The zero-order valence-electron chi connectivity index (χ0n) is 8.57. The van der Waals surface area contributed by atoms with Crippen molar-refractivity contribution in [1.82, 2.24) is 0 Å². The molecule has 0 bridgehead atoms. The fourth-order valence-electron chi connectivity index (χ4n) is 2.17. The molecule has 84 valence electrons. The highest BCUT2D eigenvalue weighted by molar-refractivity contribution is 6.31. The van der Waals surface area contributed by atoms with Gasteiger partial charge in [-0.05, 0) is 18.2 Å². The van der Waals surface area contributed by atoms with Crippen molar-refractivity contribution >= 4 is 28.9 Å². The molecule has 0 spiro atoms. The Morgan fingerprint density at radius 2 is 2.38 bits per heavy atom. The van der Waals surface area contributed by atoms with Gasteiger partial charge in [0.05, 0.1) is 24.6 Å². The van der Waals surface area contributed by atoms with Crippen molar-refractivity contribution in [3.8, 4) is 0 Å². The van der Waals surface area contributed by atoms with E-state index in [-0.39, 0.29) is 11.9 Å². The smallest absolute Gasteiger partial charge is 0.249 e. The molecule has 2 aliphatic heterocycles. The standard InChI is InChI=1S/C11H11ClN2O2/c12-7-1-2-8-9(5-7)14-3-4-16-6-10(14)11(15)13-8/h1-2,5,10H,3-4,6H2,(H,13,15). The number of carbonyl (C=O) groups is 1. The molecule has 16 heavy (non-hydrogen) atoms. The maximum absolute atomic E-state index is 11.8. The van der Waals surface area contributed by atoms with Gasteiger partial charge in [0, 0.05) is 11.6 Å². The van der Waals surface area contributed by atoms with Gasteiger partial charge < -0.3 is 15.0 Å². The molecule has 0 aliphatic carbocycles. The molecule has 1 N–H and O–H groups in total. The van der Waals surface area contributed by atoms with Crippen LogP contribution in [0.1, 0.15) is 0 Å². The van der Waals surface area contributed by atoms with Crippen molar-refractivity contribution in [2.24, 2.45) is 0 Å². The first kappa shape index (κ1) is 9.93. The zero-order valence-corrected chi connectivity index (χ0v) is 9.33. The molecule has 1 saturated heterocycles. The van der Waals surface area contributed by atoms with Gasteiger partial charge in [-0.25, -0.2) is 0 Å². The van der Waals surface area contributed by atoms with E-state index in [9.17, 15) is 4.79 Å². The molecule has 1 atom stereocenters. The van der Waals surface area contributed by atoms with Crippen molar-refractivity contribution in [2.75, 3.05) is 30.0 Å². The minimum absolute atomic E-state index is 0.00507. The van der Waals surface area contributed by atoms with Gasteiger partial charge in [0.1, 0.15) is 6.04 Å². The lowest BCUT2D eigenvalue weighted by molar-refractivity contribution is -0.119. The minimum Gasteiger partial charge on any atom is -0.377 e. The van der Waals surface area contributed by atoms with Crippen molar-refractivity contribution in [1.29, 1.82) is 0 Å². The van der Waals surface area contributed by atoms with Crippen LogP contribution in [-0.2, 0) is 9.53 Å². The summed E-state index contributed by atoms with van der Waals surface area (Å²) >= 11 is 5.97. The first-order valence-electron chi connectivity index (χ1n) is 5.20. The molecule has 1 aromatic carbocycles. The number of rotatable bonds is 0. The monoisotopic (exact) mass is 238 g/mol. The number of benzene rings is 1. The Bertz CT molecular complexity index is 450. The van der Waals surface area contributed by atoms with Crippen LogP contribution in [-0.4, -0.2) is 31.7 Å². The van der Waals surface area contributed by atoms with E-state index in [0.29, 0.717) is 18.2 Å². The van der Waals surface area contributed by atoms with Crippen LogP contribution in [0.15, 0.2) is 18.2 Å². The summed E-state index contributed by atoms with van der Waals surface area (Å²) in [6.45, 7) is 1.82. The number of fused-ring (bicyclic) bond motifs is 3. The van der Waals surface area contributed by atoms with Crippen molar-refractivity contribution in [3.05, 3.63) is 23.2 Å². The van der Waals surface area contributed by atoms with Crippen LogP contribution in [0.2, 0.25) is 5.02 Å². The highest BCUT2D eigenvalue weighted by Gasteiger charge is 2.35. The Hall–Kier alpha value is -1.26. The van der Waals surface area contributed by atoms with Crippen LogP contribution in [0, 0.1) is 0 Å². The van der Waals surface area contributed by atoms with Gasteiger partial charge in [0.2, 0.25) is 5.91 Å². The molecule has 1 aromatic rings.